The van der Waals surface area contributed by atoms with Gasteiger partial charge in [-0.1, -0.05) is 0 Å². The molecular weight excluding hydrogens is 335 g/mol. The molecule has 0 aliphatic carbocycles. The van der Waals surface area contributed by atoms with Crippen LogP contribution in [0.4, 0.5) is 19.0 Å². The zero-order valence-corrected chi connectivity index (χ0v) is 13.7. The van der Waals surface area contributed by atoms with Crippen molar-refractivity contribution in [3.63, 3.8) is 0 Å². The number of halogens is 3. The van der Waals surface area contributed by atoms with Crippen molar-refractivity contribution in [3.05, 3.63) is 46.3 Å². The molecule has 6 nitrogen and oxygen atoms in total. The zero-order chi connectivity index (χ0) is 18.0. The van der Waals surface area contributed by atoms with Crippen molar-refractivity contribution >= 4 is 5.82 Å². The van der Waals surface area contributed by atoms with Crippen LogP contribution in [-0.2, 0) is 12.7 Å². The number of piperidine rings is 1. The monoisotopic (exact) mass is 353 g/mol. The summed E-state index contributed by atoms with van der Waals surface area (Å²) in [6.07, 6.45) is 0.258. The van der Waals surface area contributed by atoms with E-state index in [9.17, 15) is 18.0 Å². The van der Waals surface area contributed by atoms with Gasteiger partial charge in [0.1, 0.15) is 0 Å². The minimum Gasteiger partial charge on any atom is -0.355 e. The Balaban J connectivity index is 1.60. The van der Waals surface area contributed by atoms with E-state index in [-0.39, 0.29) is 5.56 Å². The van der Waals surface area contributed by atoms with Crippen LogP contribution in [0.25, 0.3) is 0 Å². The highest BCUT2D eigenvalue weighted by atomic mass is 19.4. The van der Waals surface area contributed by atoms with E-state index >= 15 is 0 Å². The Bertz CT molecular complexity index is 780. The summed E-state index contributed by atoms with van der Waals surface area (Å²) in [6, 6.07) is 2.30. The van der Waals surface area contributed by atoms with Crippen LogP contribution in [0.3, 0.4) is 0 Å². The highest BCUT2D eigenvalue weighted by Gasteiger charge is 2.33. The van der Waals surface area contributed by atoms with Crippen LogP contribution < -0.4 is 10.5 Å². The number of hydrogen-bond donors (Lipinski definition) is 0. The SMILES string of the molecule is Cc1cncn(CC2CCN(c3ccc(C(F)(F)F)nn3)CC2)c1=O. The van der Waals surface area contributed by atoms with E-state index in [4.69, 9.17) is 0 Å². The molecule has 9 heteroatoms. The topological polar surface area (TPSA) is 63.9 Å². The number of aryl methyl sites for hydroxylation is 1. The van der Waals surface area contributed by atoms with Crippen LogP contribution >= 0.6 is 0 Å². The molecule has 0 radical (unpaired) electrons. The number of alkyl halides is 3. The van der Waals surface area contributed by atoms with E-state index in [0.717, 1.165) is 18.9 Å². The Morgan fingerprint density at radius 2 is 1.92 bits per heavy atom. The lowest BCUT2D eigenvalue weighted by molar-refractivity contribution is -0.141. The van der Waals surface area contributed by atoms with Gasteiger partial charge in [0.2, 0.25) is 0 Å². The van der Waals surface area contributed by atoms with Crippen molar-refractivity contribution in [1.82, 2.24) is 19.7 Å². The molecule has 1 aliphatic heterocycles. The second kappa shape index (κ2) is 6.81. The Labute approximate surface area is 142 Å². The third-order valence-electron chi connectivity index (χ3n) is 4.41. The van der Waals surface area contributed by atoms with Gasteiger partial charge in [0.15, 0.2) is 11.5 Å². The molecule has 0 N–H and O–H groups in total. The molecule has 3 heterocycles. The third kappa shape index (κ3) is 3.97. The lowest BCUT2D eigenvalue weighted by Gasteiger charge is -2.32. The van der Waals surface area contributed by atoms with Gasteiger partial charge >= 0.3 is 6.18 Å². The van der Waals surface area contributed by atoms with Gasteiger partial charge in [0.05, 0.1) is 6.33 Å². The van der Waals surface area contributed by atoms with E-state index in [1.165, 1.54) is 6.07 Å². The normalized spacial score (nSPS) is 16.2. The van der Waals surface area contributed by atoms with Gasteiger partial charge in [0.25, 0.3) is 5.56 Å². The van der Waals surface area contributed by atoms with Gasteiger partial charge in [-0.15, -0.1) is 10.2 Å². The molecule has 1 aliphatic rings. The zero-order valence-electron chi connectivity index (χ0n) is 13.7. The van der Waals surface area contributed by atoms with Crippen LogP contribution in [0.2, 0.25) is 0 Å². The molecule has 0 aromatic carbocycles. The highest BCUT2D eigenvalue weighted by molar-refractivity contribution is 5.38. The fraction of sp³-hybridized carbons (Fsp3) is 0.500. The fourth-order valence-corrected chi connectivity index (χ4v) is 2.96. The number of rotatable bonds is 3. The first-order chi connectivity index (χ1) is 11.8. The van der Waals surface area contributed by atoms with Crippen molar-refractivity contribution in [1.29, 1.82) is 0 Å². The molecule has 3 rings (SSSR count). The van der Waals surface area contributed by atoms with Crippen LogP contribution in [0.1, 0.15) is 24.1 Å². The predicted molar refractivity (Wildman–Crippen MR) is 85.2 cm³/mol. The number of anilines is 1. The third-order valence-corrected chi connectivity index (χ3v) is 4.41. The summed E-state index contributed by atoms with van der Waals surface area (Å²) in [5.41, 5.74) is -0.413. The summed E-state index contributed by atoms with van der Waals surface area (Å²) >= 11 is 0. The lowest BCUT2D eigenvalue weighted by atomic mass is 9.96. The number of hydrogen-bond acceptors (Lipinski definition) is 5. The van der Waals surface area contributed by atoms with Crippen molar-refractivity contribution in [2.75, 3.05) is 18.0 Å². The van der Waals surface area contributed by atoms with Crippen molar-refractivity contribution in [2.45, 2.75) is 32.5 Å². The summed E-state index contributed by atoms with van der Waals surface area (Å²) in [6.45, 7) is 3.66. The first-order valence-electron chi connectivity index (χ1n) is 8.01. The molecule has 1 fully saturated rings. The summed E-state index contributed by atoms with van der Waals surface area (Å²) in [4.78, 5) is 18.0. The Morgan fingerprint density at radius 3 is 2.52 bits per heavy atom. The minimum absolute atomic E-state index is 0.0361. The van der Waals surface area contributed by atoms with E-state index < -0.39 is 11.9 Å². The van der Waals surface area contributed by atoms with E-state index in [1.54, 1.807) is 24.0 Å². The summed E-state index contributed by atoms with van der Waals surface area (Å²) in [5, 5.41) is 6.96. The molecule has 0 spiro atoms. The maximum atomic E-state index is 12.5. The number of nitrogens with zero attached hydrogens (tertiary/aromatic N) is 5. The highest BCUT2D eigenvalue weighted by Crippen LogP contribution is 2.28. The van der Waals surface area contributed by atoms with Crippen molar-refractivity contribution in [3.8, 4) is 0 Å². The van der Waals surface area contributed by atoms with Crippen LogP contribution in [-0.4, -0.2) is 32.8 Å². The predicted octanol–water partition coefficient (Wildman–Crippen LogP) is 2.28. The first kappa shape index (κ1) is 17.4. The minimum atomic E-state index is -4.48. The standard InChI is InChI=1S/C16H18F3N5O/c1-11-8-20-10-24(15(11)25)9-12-4-6-23(7-5-12)14-3-2-13(21-22-14)16(17,18)19/h2-3,8,10,12H,4-7,9H2,1H3. The van der Waals surface area contributed by atoms with Crippen LogP contribution in [0.15, 0.2) is 29.5 Å². The van der Waals surface area contributed by atoms with Crippen molar-refractivity contribution < 1.29 is 13.2 Å². The van der Waals surface area contributed by atoms with Crippen molar-refractivity contribution in [2.24, 2.45) is 5.92 Å². The molecule has 0 amide bonds. The molecule has 0 bridgehead atoms. The van der Waals surface area contributed by atoms with E-state index in [0.29, 0.717) is 36.9 Å². The van der Waals surface area contributed by atoms with E-state index in [2.05, 4.69) is 15.2 Å². The average Bonchev–Trinajstić information content (AvgIpc) is 2.59. The summed E-state index contributed by atoms with van der Waals surface area (Å²) in [5.74, 6) is 0.765. The largest absolute Gasteiger partial charge is 0.435 e. The number of aromatic nitrogens is 4. The molecule has 0 saturated carbocycles. The molecule has 0 atom stereocenters. The average molecular weight is 353 g/mol. The maximum Gasteiger partial charge on any atom is 0.435 e. The van der Waals surface area contributed by atoms with Crippen LogP contribution in [0, 0.1) is 12.8 Å². The first-order valence-corrected chi connectivity index (χ1v) is 8.01. The quantitative estimate of drug-likeness (QED) is 0.847. The van der Waals surface area contributed by atoms with Gasteiger partial charge in [0, 0.05) is 31.4 Å². The second-order valence-electron chi connectivity index (χ2n) is 6.24. The molecule has 0 unspecified atom stereocenters. The Morgan fingerprint density at radius 1 is 1.20 bits per heavy atom. The molecule has 134 valence electrons. The van der Waals surface area contributed by atoms with Gasteiger partial charge in [-0.3, -0.25) is 9.36 Å². The van der Waals surface area contributed by atoms with Gasteiger partial charge in [-0.05, 0) is 37.8 Å². The summed E-state index contributed by atoms with van der Waals surface area (Å²) < 4.78 is 39.2. The Hall–Kier alpha value is -2.45. The van der Waals surface area contributed by atoms with Crippen LogP contribution in [0.5, 0.6) is 0 Å². The summed E-state index contributed by atoms with van der Waals surface area (Å²) in [7, 11) is 0. The molecule has 25 heavy (non-hydrogen) atoms. The molecule has 1 saturated heterocycles. The Kier molecular flexibility index (Phi) is 4.73. The van der Waals surface area contributed by atoms with E-state index in [1.807, 2.05) is 4.90 Å². The lowest BCUT2D eigenvalue weighted by Crippen LogP contribution is -2.37. The molecular formula is C16H18F3N5O. The van der Waals surface area contributed by atoms with Gasteiger partial charge < -0.3 is 4.90 Å². The maximum absolute atomic E-state index is 12.5. The fourth-order valence-electron chi connectivity index (χ4n) is 2.96. The molecule has 2 aromatic heterocycles. The molecule has 2 aromatic rings. The van der Waals surface area contributed by atoms with Gasteiger partial charge in [-0.2, -0.15) is 13.2 Å². The smallest absolute Gasteiger partial charge is 0.355 e. The van der Waals surface area contributed by atoms with Gasteiger partial charge in [-0.25, -0.2) is 4.98 Å². The second-order valence-corrected chi connectivity index (χ2v) is 6.24.